The maximum Gasteiger partial charge on any atom is 0.257 e. The van der Waals surface area contributed by atoms with E-state index < -0.39 is 0 Å². The average Bonchev–Trinajstić information content (AvgIpc) is 2.97. The lowest BCUT2D eigenvalue weighted by molar-refractivity contribution is -0.116. The van der Waals surface area contributed by atoms with Crippen molar-refractivity contribution in [1.82, 2.24) is 4.57 Å². The van der Waals surface area contributed by atoms with Gasteiger partial charge in [0.2, 0.25) is 5.91 Å². The topological polar surface area (TPSA) is 54.3 Å². The van der Waals surface area contributed by atoms with Crippen molar-refractivity contribution in [3.05, 3.63) is 83.2 Å². The third-order valence-corrected chi connectivity index (χ3v) is 4.99. The van der Waals surface area contributed by atoms with Crippen LogP contribution in [0, 0.1) is 13.8 Å². The molecule has 0 unspecified atom stereocenters. The fraction of sp³-hybridized carbons (Fsp3) is 0.217. The van der Waals surface area contributed by atoms with E-state index >= 15 is 0 Å². The first-order valence-corrected chi connectivity index (χ1v) is 9.23. The zero-order chi connectivity index (χ0) is 20.3. The van der Waals surface area contributed by atoms with Gasteiger partial charge in [-0.1, -0.05) is 30.3 Å². The first-order valence-electron chi connectivity index (χ1n) is 9.23. The number of benzene rings is 2. The van der Waals surface area contributed by atoms with E-state index in [0.717, 1.165) is 23.6 Å². The van der Waals surface area contributed by atoms with Gasteiger partial charge in [-0.05, 0) is 49.7 Å². The molecule has 2 amide bonds. The van der Waals surface area contributed by atoms with Crippen LogP contribution < -0.4 is 10.2 Å². The number of hydrogen-bond donors (Lipinski definition) is 1. The second kappa shape index (κ2) is 8.13. The number of nitrogens with one attached hydrogen (secondary N) is 1. The molecule has 144 valence electrons. The van der Waals surface area contributed by atoms with Gasteiger partial charge >= 0.3 is 0 Å². The van der Waals surface area contributed by atoms with Gasteiger partial charge in [-0.25, -0.2) is 0 Å². The SMILES string of the molecule is CC(=O)N(C)c1ccc(NC(=O)c2cc(C)n(Cc3ccccc3)c2C)cc1. The molecular formula is C23H25N3O2. The Morgan fingerprint density at radius 1 is 1.00 bits per heavy atom. The van der Waals surface area contributed by atoms with E-state index in [1.807, 2.05) is 50.2 Å². The fourth-order valence-corrected chi connectivity index (χ4v) is 3.19. The number of hydrogen-bond acceptors (Lipinski definition) is 2. The van der Waals surface area contributed by atoms with E-state index in [2.05, 4.69) is 22.0 Å². The molecule has 0 bridgehead atoms. The van der Waals surface area contributed by atoms with Gasteiger partial charge in [0, 0.05) is 43.3 Å². The molecule has 28 heavy (non-hydrogen) atoms. The lowest BCUT2D eigenvalue weighted by Crippen LogP contribution is -2.22. The largest absolute Gasteiger partial charge is 0.344 e. The molecule has 0 saturated heterocycles. The third-order valence-electron chi connectivity index (χ3n) is 4.99. The Morgan fingerprint density at radius 3 is 2.25 bits per heavy atom. The van der Waals surface area contributed by atoms with Crippen molar-refractivity contribution in [2.75, 3.05) is 17.3 Å². The summed E-state index contributed by atoms with van der Waals surface area (Å²) >= 11 is 0. The molecule has 1 N–H and O–H groups in total. The minimum atomic E-state index is -0.139. The van der Waals surface area contributed by atoms with Gasteiger partial charge in [-0.15, -0.1) is 0 Å². The molecular weight excluding hydrogens is 350 g/mol. The molecule has 5 heteroatoms. The normalized spacial score (nSPS) is 10.6. The molecule has 0 aliphatic rings. The fourth-order valence-electron chi connectivity index (χ4n) is 3.19. The van der Waals surface area contributed by atoms with Crippen LogP contribution in [0.5, 0.6) is 0 Å². The van der Waals surface area contributed by atoms with Gasteiger partial charge < -0.3 is 14.8 Å². The Kier molecular flexibility index (Phi) is 5.64. The van der Waals surface area contributed by atoms with Crippen molar-refractivity contribution < 1.29 is 9.59 Å². The van der Waals surface area contributed by atoms with E-state index in [0.29, 0.717) is 11.3 Å². The number of rotatable bonds is 5. The van der Waals surface area contributed by atoms with Crippen molar-refractivity contribution in [2.24, 2.45) is 0 Å². The van der Waals surface area contributed by atoms with Gasteiger partial charge in [-0.2, -0.15) is 0 Å². The van der Waals surface area contributed by atoms with Gasteiger partial charge in [0.1, 0.15) is 0 Å². The maximum atomic E-state index is 12.8. The molecule has 0 saturated carbocycles. The lowest BCUT2D eigenvalue weighted by atomic mass is 10.2. The summed E-state index contributed by atoms with van der Waals surface area (Å²) in [4.78, 5) is 25.8. The molecule has 0 aliphatic carbocycles. The predicted molar refractivity (Wildman–Crippen MR) is 113 cm³/mol. The van der Waals surface area contributed by atoms with Gasteiger partial charge in [0.25, 0.3) is 5.91 Å². The summed E-state index contributed by atoms with van der Waals surface area (Å²) < 4.78 is 2.15. The summed E-state index contributed by atoms with van der Waals surface area (Å²) in [7, 11) is 1.72. The molecule has 0 aliphatic heterocycles. The number of aryl methyl sites for hydroxylation is 1. The van der Waals surface area contributed by atoms with Crippen molar-refractivity contribution in [1.29, 1.82) is 0 Å². The van der Waals surface area contributed by atoms with E-state index in [1.165, 1.54) is 12.5 Å². The average molecular weight is 375 g/mol. The van der Waals surface area contributed by atoms with Crippen LogP contribution in [0.2, 0.25) is 0 Å². The van der Waals surface area contributed by atoms with Crippen molar-refractivity contribution in [3.8, 4) is 0 Å². The third kappa shape index (κ3) is 4.14. The van der Waals surface area contributed by atoms with Gasteiger partial charge in [0.15, 0.2) is 0 Å². The molecule has 2 aromatic carbocycles. The summed E-state index contributed by atoms with van der Waals surface area (Å²) in [6, 6.07) is 19.4. The van der Waals surface area contributed by atoms with E-state index in [9.17, 15) is 9.59 Å². The molecule has 1 heterocycles. The number of amides is 2. The Labute approximate surface area is 165 Å². The molecule has 3 rings (SSSR count). The van der Waals surface area contributed by atoms with Crippen LogP contribution in [0.15, 0.2) is 60.7 Å². The highest BCUT2D eigenvalue weighted by atomic mass is 16.2. The lowest BCUT2D eigenvalue weighted by Gasteiger charge is -2.15. The summed E-state index contributed by atoms with van der Waals surface area (Å²) in [5.74, 6) is -0.178. The maximum absolute atomic E-state index is 12.8. The molecule has 1 aromatic heterocycles. The molecule has 0 atom stereocenters. The molecule has 0 radical (unpaired) electrons. The predicted octanol–water partition coefficient (Wildman–Crippen LogP) is 4.39. The highest BCUT2D eigenvalue weighted by molar-refractivity contribution is 6.05. The molecule has 5 nitrogen and oxygen atoms in total. The van der Waals surface area contributed by atoms with Crippen molar-refractivity contribution >= 4 is 23.2 Å². The van der Waals surface area contributed by atoms with E-state index in [1.54, 1.807) is 24.1 Å². The Hall–Kier alpha value is -3.34. The van der Waals surface area contributed by atoms with Crippen LogP contribution in [-0.4, -0.2) is 23.4 Å². The molecule has 0 spiro atoms. The van der Waals surface area contributed by atoms with Gasteiger partial charge in [0.05, 0.1) is 5.56 Å². The second-order valence-corrected chi connectivity index (χ2v) is 6.94. The zero-order valence-electron chi connectivity index (χ0n) is 16.7. The van der Waals surface area contributed by atoms with Crippen LogP contribution in [0.4, 0.5) is 11.4 Å². The minimum absolute atomic E-state index is 0.0392. The Bertz CT molecular complexity index is 989. The monoisotopic (exact) mass is 375 g/mol. The van der Waals surface area contributed by atoms with E-state index in [-0.39, 0.29) is 11.8 Å². The number of aromatic nitrogens is 1. The van der Waals surface area contributed by atoms with Crippen LogP contribution in [-0.2, 0) is 11.3 Å². The highest BCUT2D eigenvalue weighted by Crippen LogP contribution is 2.21. The Balaban J connectivity index is 1.76. The standard InChI is InChI=1S/C23H25N3O2/c1-16-14-22(17(2)26(16)15-19-8-6-5-7-9-19)23(28)24-20-10-12-21(13-11-20)25(4)18(3)27/h5-14H,15H2,1-4H3,(H,24,28). The Morgan fingerprint density at radius 2 is 1.64 bits per heavy atom. The van der Waals surface area contributed by atoms with E-state index in [4.69, 9.17) is 0 Å². The van der Waals surface area contributed by atoms with Crippen molar-refractivity contribution in [2.45, 2.75) is 27.3 Å². The first kappa shape index (κ1) is 19.4. The highest BCUT2D eigenvalue weighted by Gasteiger charge is 2.16. The van der Waals surface area contributed by atoms with Gasteiger partial charge in [-0.3, -0.25) is 9.59 Å². The summed E-state index contributed by atoms with van der Waals surface area (Å²) in [6.45, 7) is 6.23. The first-order chi connectivity index (χ1) is 13.4. The second-order valence-electron chi connectivity index (χ2n) is 6.94. The summed E-state index contributed by atoms with van der Waals surface area (Å²) in [5, 5.41) is 2.94. The number of anilines is 2. The van der Waals surface area contributed by atoms with Crippen LogP contribution in [0.25, 0.3) is 0 Å². The smallest absolute Gasteiger partial charge is 0.257 e. The number of carbonyl (C=O) groups is 2. The molecule has 3 aromatic rings. The number of carbonyl (C=O) groups excluding carboxylic acids is 2. The molecule has 0 fully saturated rings. The van der Waals surface area contributed by atoms with Crippen molar-refractivity contribution in [3.63, 3.8) is 0 Å². The van der Waals surface area contributed by atoms with Crippen LogP contribution in [0.1, 0.15) is 34.2 Å². The minimum Gasteiger partial charge on any atom is -0.344 e. The summed E-state index contributed by atoms with van der Waals surface area (Å²) in [6.07, 6.45) is 0. The summed E-state index contributed by atoms with van der Waals surface area (Å²) in [5.41, 5.74) is 5.32. The number of nitrogens with zero attached hydrogens (tertiary/aromatic N) is 2. The quantitative estimate of drug-likeness (QED) is 0.719. The zero-order valence-corrected chi connectivity index (χ0v) is 16.7. The van der Waals surface area contributed by atoms with Crippen LogP contribution >= 0.6 is 0 Å². The van der Waals surface area contributed by atoms with Crippen LogP contribution in [0.3, 0.4) is 0 Å².